The number of hydrogen-bond donors (Lipinski definition) is 4. The Kier molecular flexibility index (Phi) is 7.55. The molecule has 2 atom stereocenters. The lowest BCUT2D eigenvalue weighted by molar-refractivity contribution is -0.140. The first-order valence-electron chi connectivity index (χ1n) is 6.97. The molecule has 8 heteroatoms. The van der Waals surface area contributed by atoms with E-state index in [1.807, 2.05) is 13.8 Å². The van der Waals surface area contributed by atoms with E-state index in [1.54, 1.807) is 13.8 Å². The van der Waals surface area contributed by atoms with Crippen LogP contribution in [0.25, 0.3) is 0 Å². The highest BCUT2D eigenvalue weighted by atomic mass is 16.4. The summed E-state index contributed by atoms with van der Waals surface area (Å²) in [4.78, 5) is 44.9. The Balaban J connectivity index is 4.79. The van der Waals surface area contributed by atoms with Crippen LogP contribution in [0.4, 0.5) is 4.79 Å². The first-order valence-corrected chi connectivity index (χ1v) is 6.97. The lowest BCUT2D eigenvalue weighted by Crippen LogP contribution is -2.52. The molecule has 4 N–H and O–H groups in total. The Labute approximate surface area is 129 Å². The molecule has 22 heavy (non-hydrogen) atoms. The normalized spacial score (nSPS) is 14.0. The number of carbonyl (C=O) groups excluding carboxylic acids is 2. The summed E-state index contributed by atoms with van der Waals surface area (Å²) in [6.07, 6.45) is 0.739. The van der Waals surface area contributed by atoms with Gasteiger partial charge in [-0.3, -0.25) is 0 Å². The zero-order valence-corrected chi connectivity index (χ0v) is 13.3. The molecule has 126 valence electrons. The molecule has 8 nitrogen and oxygen atoms in total. The van der Waals surface area contributed by atoms with Crippen LogP contribution in [0.15, 0.2) is 0 Å². The molecule has 2 amide bonds. The molecule has 0 unspecified atom stereocenters. The van der Waals surface area contributed by atoms with Gasteiger partial charge in [0, 0.05) is 5.41 Å². The van der Waals surface area contributed by atoms with Gasteiger partial charge in [-0.1, -0.05) is 27.7 Å². The molecular formula is C14H24N2O6. The summed E-state index contributed by atoms with van der Waals surface area (Å²) in [6.45, 7) is 6.72. The summed E-state index contributed by atoms with van der Waals surface area (Å²) in [7, 11) is 0. The predicted molar refractivity (Wildman–Crippen MR) is 78.4 cm³/mol. The van der Waals surface area contributed by atoms with Gasteiger partial charge in [-0.05, 0) is 18.8 Å². The molecule has 0 saturated heterocycles. The molecule has 0 spiro atoms. The number of hydrogen-bond acceptors (Lipinski definition) is 4. The first kappa shape index (κ1) is 19.9. The van der Waals surface area contributed by atoms with Crippen molar-refractivity contribution < 1.29 is 29.4 Å². The number of carboxylic acid groups (broad SMARTS) is 2. The van der Waals surface area contributed by atoms with Crippen molar-refractivity contribution in [2.75, 3.05) is 0 Å². The number of aldehydes is 1. The van der Waals surface area contributed by atoms with E-state index in [0.717, 1.165) is 0 Å². The number of carboxylic acids is 2. The van der Waals surface area contributed by atoms with E-state index in [-0.39, 0.29) is 18.8 Å². The highest BCUT2D eigenvalue weighted by Gasteiger charge is 2.30. The second kappa shape index (κ2) is 8.35. The predicted octanol–water partition coefficient (Wildman–Crippen LogP) is 0.853. The minimum Gasteiger partial charge on any atom is -0.480 e. The summed E-state index contributed by atoms with van der Waals surface area (Å²) in [5, 5.41) is 22.6. The van der Waals surface area contributed by atoms with Crippen LogP contribution in [0.2, 0.25) is 0 Å². The maximum absolute atomic E-state index is 11.8. The van der Waals surface area contributed by atoms with Crippen molar-refractivity contribution >= 4 is 24.3 Å². The van der Waals surface area contributed by atoms with Crippen LogP contribution in [0.3, 0.4) is 0 Å². The summed E-state index contributed by atoms with van der Waals surface area (Å²) in [5.74, 6) is -2.43. The van der Waals surface area contributed by atoms with Crippen LogP contribution in [0, 0.1) is 11.3 Å². The average molecular weight is 316 g/mol. The summed E-state index contributed by atoms with van der Waals surface area (Å²) >= 11 is 0. The molecule has 0 aliphatic rings. The number of nitrogens with one attached hydrogen (secondary N) is 2. The minimum atomic E-state index is -1.29. The van der Waals surface area contributed by atoms with Crippen molar-refractivity contribution in [2.45, 2.75) is 52.6 Å². The number of rotatable bonds is 9. The van der Waals surface area contributed by atoms with Gasteiger partial charge in [-0.15, -0.1) is 0 Å². The van der Waals surface area contributed by atoms with Gasteiger partial charge < -0.3 is 25.6 Å². The molecule has 0 aromatic heterocycles. The van der Waals surface area contributed by atoms with E-state index in [1.165, 1.54) is 0 Å². The zero-order chi connectivity index (χ0) is 17.5. The topological polar surface area (TPSA) is 133 Å². The fraction of sp³-hybridized carbons (Fsp3) is 0.714. The van der Waals surface area contributed by atoms with Gasteiger partial charge in [-0.2, -0.15) is 0 Å². The van der Waals surface area contributed by atoms with Gasteiger partial charge in [-0.25, -0.2) is 14.4 Å². The molecule has 0 heterocycles. The fourth-order valence-electron chi connectivity index (χ4n) is 1.83. The maximum Gasteiger partial charge on any atom is 0.326 e. The summed E-state index contributed by atoms with van der Waals surface area (Å²) < 4.78 is 0. The van der Waals surface area contributed by atoms with Crippen molar-refractivity contribution in [1.82, 2.24) is 10.6 Å². The quantitative estimate of drug-likeness (QED) is 0.466. The van der Waals surface area contributed by atoms with Crippen molar-refractivity contribution in [1.29, 1.82) is 0 Å². The third-order valence-corrected chi connectivity index (χ3v) is 2.96. The molecule has 0 aliphatic carbocycles. The van der Waals surface area contributed by atoms with E-state index in [9.17, 15) is 19.2 Å². The average Bonchev–Trinajstić information content (AvgIpc) is 2.36. The van der Waals surface area contributed by atoms with Crippen molar-refractivity contribution in [2.24, 2.45) is 11.3 Å². The van der Waals surface area contributed by atoms with Gasteiger partial charge in [0.1, 0.15) is 18.4 Å². The second-order valence-corrected chi connectivity index (χ2v) is 6.34. The number of aliphatic carboxylic acids is 2. The van der Waals surface area contributed by atoms with Gasteiger partial charge in [0.15, 0.2) is 0 Å². The number of amides is 2. The van der Waals surface area contributed by atoms with Crippen LogP contribution in [0.1, 0.15) is 40.5 Å². The molecular weight excluding hydrogens is 292 g/mol. The maximum atomic E-state index is 11.8. The Hall–Kier alpha value is -2.12. The Morgan fingerprint density at radius 1 is 1.05 bits per heavy atom. The van der Waals surface area contributed by atoms with Crippen LogP contribution in [0.5, 0.6) is 0 Å². The molecule has 0 aromatic rings. The molecule has 0 fully saturated rings. The van der Waals surface area contributed by atoms with E-state index >= 15 is 0 Å². The molecule has 0 aliphatic heterocycles. The van der Waals surface area contributed by atoms with Crippen molar-refractivity contribution in [3.05, 3.63) is 0 Å². The summed E-state index contributed by atoms with van der Waals surface area (Å²) in [5.41, 5.74) is -0.916. The van der Waals surface area contributed by atoms with Gasteiger partial charge in [0.05, 0.1) is 0 Å². The van der Waals surface area contributed by atoms with Crippen LogP contribution >= 0.6 is 0 Å². The highest BCUT2D eigenvalue weighted by molar-refractivity contribution is 5.86. The Bertz CT molecular complexity index is 433. The van der Waals surface area contributed by atoms with E-state index in [0.29, 0.717) is 6.29 Å². The molecule has 0 aromatic carbocycles. The smallest absolute Gasteiger partial charge is 0.326 e. The van der Waals surface area contributed by atoms with Crippen LogP contribution < -0.4 is 10.6 Å². The monoisotopic (exact) mass is 316 g/mol. The summed E-state index contributed by atoms with van der Waals surface area (Å²) in [6, 6.07) is -3.27. The minimum absolute atomic E-state index is 0.0469. The van der Waals surface area contributed by atoms with Gasteiger partial charge in [0.25, 0.3) is 0 Å². The highest BCUT2D eigenvalue weighted by Crippen LogP contribution is 2.19. The molecule has 0 rings (SSSR count). The third-order valence-electron chi connectivity index (χ3n) is 2.96. The van der Waals surface area contributed by atoms with E-state index in [4.69, 9.17) is 10.2 Å². The van der Waals surface area contributed by atoms with Gasteiger partial charge in [0.2, 0.25) is 0 Å². The third kappa shape index (κ3) is 7.61. The fourth-order valence-corrected chi connectivity index (χ4v) is 1.83. The van der Waals surface area contributed by atoms with E-state index in [2.05, 4.69) is 10.6 Å². The SMILES string of the molecule is CC(C)C[C@H](NC(=O)N[C@@H](CC(C)(C)C=O)C(=O)O)C(=O)O. The van der Waals surface area contributed by atoms with Gasteiger partial charge >= 0.3 is 18.0 Å². The van der Waals surface area contributed by atoms with Crippen molar-refractivity contribution in [3.63, 3.8) is 0 Å². The molecule has 0 saturated carbocycles. The number of carbonyl (C=O) groups is 4. The van der Waals surface area contributed by atoms with Crippen LogP contribution in [-0.2, 0) is 14.4 Å². The molecule has 0 bridgehead atoms. The second-order valence-electron chi connectivity index (χ2n) is 6.34. The van der Waals surface area contributed by atoms with Crippen molar-refractivity contribution in [3.8, 4) is 0 Å². The standard InChI is InChI=1S/C14H24N2O6/c1-8(2)5-9(11(18)19)15-13(22)16-10(12(20)21)6-14(3,4)7-17/h7-10H,5-6H2,1-4H3,(H,18,19)(H,20,21)(H2,15,16,22)/t9-,10-/m0/s1. The number of urea groups is 1. The zero-order valence-electron chi connectivity index (χ0n) is 13.3. The largest absolute Gasteiger partial charge is 0.480 e. The van der Waals surface area contributed by atoms with E-state index < -0.39 is 35.5 Å². The lowest BCUT2D eigenvalue weighted by atomic mass is 9.87. The molecule has 0 radical (unpaired) electrons. The Morgan fingerprint density at radius 3 is 1.86 bits per heavy atom. The van der Waals surface area contributed by atoms with Crippen LogP contribution in [-0.4, -0.2) is 46.6 Å². The lowest BCUT2D eigenvalue weighted by Gasteiger charge is -2.24. The first-order chi connectivity index (χ1) is 9.98. The Morgan fingerprint density at radius 2 is 1.50 bits per heavy atom.